The molecule has 0 bridgehead atoms. The van der Waals surface area contributed by atoms with Gasteiger partial charge >= 0.3 is 5.97 Å². The van der Waals surface area contributed by atoms with Crippen LogP contribution in [0.3, 0.4) is 0 Å². The zero-order valence-electron chi connectivity index (χ0n) is 12.2. The molecule has 2 rings (SSSR count). The number of hydrogen-bond acceptors (Lipinski definition) is 6. The number of aromatic nitrogens is 1. The van der Waals surface area contributed by atoms with Gasteiger partial charge in [0.1, 0.15) is 17.8 Å². The summed E-state index contributed by atoms with van der Waals surface area (Å²) in [5.74, 6) is -0.0768. The summed E-state index contributed by atoms with van der Waals surface area (Å²) in [6.07, 6.45) is 0.910. The van der Waals surface area contributed by atoms with Crippen LogP contribution in [0.4, 0.5) is 5.82 Å². The Morgan fingerprint density at radius 2 is 2.23 bits per heavy atom. The van der Waals surface area contributed by atoms with Crippen molar-refractivity contribution >= 4 is 33.6 Å². The summed E-state index contributed by atoms with van der Waals surface area (Å²) in [7, 11) is 0. The SMILES string of the molecule is CCCOCCOC(=O)CN1C(=O)COc2ccc(Br)nc21. The highest BCUT2D eigenvalue weighted by molar-refractivity contribution is 9.10. The first-order valence-electron chi connectivity index (χ1n) is 6.95. The number of halogens is 1. The fourth-order valence-electron chi connectivity index (χ4n) is 1.85. The summed E-state index contributed by atoms with van der Waals surface area (Å²) >= 11 is 3.23. The van der Waals surface area contributed by atoms with Crippen molar-refractivity contribution in [2.24, 2.45) is 0 Å². The lowest BCUT2D eigenvalue weighted by molar-refractivity contribution is -0.144. The van der Waals surface area contributed by atoms with Crippen LogP contribution in [-0.2, 0) is 19.1 Å². The molecule has 8 heteroatoms. The molecule has 1 aliphatic heterocycles. The van der Waals surface area contributed by atoms with E-state index in [9.17, 15) is 9.59 Å². The maximum atomic E-state index is 11.9. The Balaban J connectivity index is 1.93. The first-order chi connectivity index (χ1) is 10.6. The monoisotopic (exact) mass is 372 g/mol. The molecule has 0 spiro atoms. The number of pyridine rings is 1. The Bertz CT molecular complexity index is 552. The molecule has 0 saturated heterocycles. The van der Waals surface area contributed by atoms with E-state index in [0.29, 0.717) is 29.4 Å². The minimum Gasteiger partial charge on any atom is -0.480 e. The van der Waals surface area contributed by atoms with Crippen LogP contribution in [0.1, 0.15) is 13.3 Å². The third-order valence-corrected chi connectivity index (χ3v) is 3.28. The lowest BCUT2D eigenvalue weighted by Crippen LogP contribution is -2.43. The van der Waals surface area contributed by atoms with Crippen LogP contribution < -0.4 is 9.64 Å². The molecule has 7 nitrogen and oxygen atoms in total. The van der Waals surface area contributed by atoms with Crippen LogP contribution in [0.2, 0.25) is 0 Å². The summed E-state index contributed by atoms with van der Waals surface area (Å²) in [6.45, 7) is 2.81. The first kappa shape index (κ1) is 16.7. The third kappa shape index (κ3) is 4.41. The van der Waals surface area contributed by atoms with Gasteiger partial charge in [-0.15, -0.1) is 0 Å². The molecule has 0 aromatic carbocycles. The van der Waals surface area contributed by atoms with E-state index in [1.807, 2.05) is 6.92 Å². The van der Waals surface area contributed by atoms with E-state index in [2.05, 4.69) is 20.9 Å². The van der Waals surface area contributed by atoms with E-state index in [-0.39, 0.29) is 25.7 Å². The summed E-state index contributed by atoms with van der Waals surface area (Å²) < 4.78 is 16.1. The maximum Gasteiger partial charge on any atom is 0.326 e. The molecule has 0 aliphatic carbocycles. The molecule has 1 aromatic heterocycles. The van der Waals surface area contributed by atoms with Crippen LogP contribution >= 0.6 is 15.9 Å². The summed E-state index contributed by atoms with van der Waals surface area (Å²) in [4.78, 5) is 29.2. The summed E-state index contributed by atoms with van der Waals surface area (Å²) in [5, 5.41) is 0. The Hall–Kier alpha value is -1.67. The Kier molecular flexibility index (Phi) is 6.14. The predicted octanol–water partition coefficient (Wildman–Crippen LogP) is 1.54. The van der Waals surface area contributed by atoms with Crippen LogP contribution in [0.25, 0.3) is 0 Å². The molecule has 1 aromatic rings. The predicted molar refractivity (Wildman–Crippen MR) is 81.9 cm³/mol. The van der Waals surface area contributed by atoms with Crippen molar-refractivity contribution in [1.82, 2.24) is 4.98 Å². The largest absolute Gasteiger partial charge is 0.480 e. The van der Waals surface area contributed by atoms with E-state index in [1.54, 1.807) is 12.1 Å². The van der Waals surface area contributed by atoms with Gasteiger partial charge in [-0.2, -0.15) is 0 Å². The van der Waals surface area contributed by atoms with Gasteiger partial charge in [-0.1, -0.05) is 6.92 Å². The average Bonchev–Trinajstić information content (AvgIpc) is 2.50. The number of carbonyl (C=O) groups is 2. The standard InChI is InChI=1S/C14H17BrN2O5/c1-2-5-20-6-7-21-13(19)8-17-12(18)9-22-10-3-4-11(15)16-14(10)17/h3-4H,2,5-9H2,1H3. The molecular weight excluding hydrogens is 356 g/mol. The van der Waals surface area contributed by atoms with Crippen LogP contribution in [0, 0.1) is 0 Å². The lowest BCUT2D eigenvalue weighted by Gasteiger charge is -2.27. The van der Waals surface area contributed by atoms with Gasteiger partial charge in [0, 0.05) is 6.61 Å². The minimum atomic E-state index is -0.511. The van der Waals surface area contributed by atoms with Crippen molar-refractivity contribution in [3.8, 4) is 5.75 Å². The Labute approximate surface area is 136 Å². The highest BCUT2D eigenvalue weighted by atomic mass is 79.9. The number of anilines is 1. The number of ether oxygens (including phenoxy) is 3. The normalized spacial score (nSPS) is 13.5. The van der Waals surface area contributed by atoms with Gasteiger partial charge < -0.3 is 14.2 Å². The second-order valence-electron chi connectivity index (χ2n) is 4.56. The number of rotatable bonds is 7. The van der Waals surface area contributed by atoms with Gasteiger partial charge in [0.2, 0.25) is 0 Å². The van der Waals surface area contributed by atoms with Crippen molar-refractivity contribution in [2.75, 3.05) is 37.9 Å². The molecule has 1 aliphatic rings. The average molecular weight is 373 g/mol. The van der Waals surface area contributed by atoms with Gasteiger partial charge in [0.25, 0.3) is 5.91 Å². The van der Waals surface area contributed by atoms with Crippen molar-refractivity contribution in [3.05, 3.63) is 16.7 Å². The maximum absolute atomic E-state index is 11.9. The number of nitrogens with zero attached hydrogens (tertiary/aromatic N) is 2. The quantitative estimate of drug-likeness (QED) is 0.410. The van der Waals surface area contributed by atoms with Gasteiger partial charge in [-0.05, 0) is 34.5 Å². The fraction of sp³-hybridized carbons (Fsp3) is 0.500. The second-order valence-corrected chi connectivity index (χ2v) is 5.37. The van der Waals surface area contributed by atoms with Crippen molar-refractivity contribution < 1.29 is 23.8 Å². The highest BCUT2D eigenvalue weighted by Gasteiger charge is 2.29. The first-order valence-corrected chi connectivity index (χ1v) is 7.74. The number of carbonyl (C=O) groups excluding carboxylic acids is 2. The smallest absolute Gasteiger partial charge is 0.326 e. The molecule has 0 fully saturated rings. The van der Waals surface area contributed by atoms with Crippen molar-refractivity contribution in [1.29, 1.82) is 0 Å². The van der Waals surface area contributed by atoms with Crippen molar-refractivity contribution in [2.45, 2.75) is 13.3 Å². The van der Waals surface area contributed by atoms with Gasteiger partial charge in [-0.25, -0.2) is 4.98 Å². The molecular formula is C14H17BrN2O5. The zero-order valence-corrected chi connectivity index (χ0v) is 13.8. The molecule has 0 saturated carbocycles. The Morgan fingerprint density at radius 1 is 1.41 bits per heavy atom. The summed E-state index contributed by atoms with van der Waals surface area (Å²) in [6, 6.07) is 3.39. The number of hydrogen-bond donors (Lipinski definition) is 0. The van der Waals surface area contributed by atoms with E-state index < -0.39 is 5.97 Å². The van der Waals surface area contributed by atoms with Gasteiger partial charge in [-0.3, -0.25) is 14.5 Å². The number of fused-ring (bicyclic) bond motifs is 1. The lowest BCUT2D eigenvalue weighted by atomic mass is 10.3. The molecule has 0 N–H and O–H groups in total. The van der Waals surface area contributed by atoms with Crippen molar-refractivity contribution in [3.63, 3.8) is 0 Å². The minimum absolute atomic E-state index is 0.122. The second kappa shape index (κ2) is 8.09. The molecule has 2 heterocycles. The molecule has 1 amide bonds. The van der Waals surface area contributed by atoms with Crippen LogP contribution in [0.5, 0.6) is 5.75 Å². The molecule has 22 heavy (non-hydrogen) atoms. The molecule has 0 unspecified atom stereocenters. The number of esters is 1. The third-order valence-electron chi connectivity index (χ3n) is 2.84. The topological polar surface area (TPSA) is 78.0 Å². The van der Waals surface area contributed by atoms with E-state index in [4.69, 9.17) is 14.2 Å². The number of amides is 1. The Morgan fingerprint density at radius 3 is 3.00 bits per heavy atom. The van der Waals surface area contributed by atoms with E-state index in [0.717, 1.165) is 6.42 Å². The van der Waals surface area contributed by atoms with E-state index >= 15 is 0 Å². The molecule has 0 atom stereocenters. The summed E-state index contributed by atoms with van der Waals surface area (Å²) in [5.41, 5.74) is 0. The zero-order chi connectivity index (χ0) is 15.9. The van der Waals surface area contributed by atoms with Gasteiger partial charge in [0.15, 0.2) is 18.2 Å². The fourth-order valence-corrected chi connectivity index (χ4v) is 2.15. The van der Waals surface area contributed by atoms with E-state index in [1.165, 1.54) is 4.90 Å². The van der Waals surface area contributed by atoms with Crippen LogP contribution in [-0.4, -0.2) is 49.8 Å². The molecule has 0 radical (unpaired) electrons. The highest BCUT2D eigenvalue weighted by Crippen LogP contribution is 2.31. The molecule has 120 valence electrons. The van der Waals surface area contributed by atoms with Gasteiger partial charge in [0.05, 0.1) is 6.61 Å². The van der Waals surface area contributed by atoms with Crippen LogP contribution in [0.15, 0.2) is 16.7 Å².